The number of halogens is 1. The Morgan fingerprint density at radius 1 is 1.30 bits per heavy atom. The summed E-state index contributed by atoms with van der Waals surface area (Å²) < 4.78 is 34.2. The predicted octanol–water partition coefficient (Wildman–Crippen LogP) is 3.11. The van der Waals surface area contributed by atoms with Gasteiger partial charge in [0, 0.05) is 23.3 Å². The molecule has 27 heavy (non-hydrogen) atoms. The number of para-hydroxylation sites is 1. The second-order valence-electron chi connectivity index (χ2n) is 5.65. The van der Waals surface area contributed by atoms with Crippen LogP contribution in [0.1, 0.15) is 17.5 Å². The molecule has 0 bridgehead atoms. The molecule has 1 aliphatic heterocycles. The lowest BCUT2D eigenvalue weighted by atomic mass is 10.1. The van der Waals surface area contributed by atoms with Crippen LogP contribution in [0.25, 0.3) is 0 Å². The lowest BCUT2D eigenvalue weighted by molar-refractivity contribution is -0.385. The Labute approximate surface area is 153 Å². The van der Waals surface area contributed by atoms with Gasteiger partial charge in [-0.15, -0.1) is 0 Å². The van der Waals surface area contributed by atoms with Gasteiger partial charge in [0.2, 0.25) is 0 Å². The molecule has 0 saturated carbocycles. The van der Waals surface area contributed by atoms with E-state index in [2.05, 4.69) is 0 Å². The molecule has 3 rings (SSSR count). The topological polar surface area (TPSA) is 97.1 Å². The van der Waals surface area contributed by atoms with Gasteiger partial charge >= 0.3 is 5.97 Å². The van der Waals surface area contributed by atoms with Gasteiger partial charge in [-0.1, -0.05) is 12.1 Å². The summed E-state index contributed by atoms with van der Waals surface area (Å²) in [6.07, 6.45) is -0.102. The van der Waals surface area contributed by atoms with Crippen molar-refractivity contribution in [1.82, 2.24) is 0 Å². The fourth-order valence-corrected chi connectivity index (χ4v) is 2.53. The minimum atomic E-state index is -0.585. The van der Waals surface area contributed by atoms with Crippen molar-refractivity contribution in [3.63, 3.8) is 0 Å². The highest BCUT2D eigenvalue weighted by atomic mass is 19.1. The third-order valence-electron chi connectivity index (χ3n) is 3.77. The molecule has 1 aliphatic rings. The van der Waals surface area contributed by atoms with Crippen LogP contribution in [0.2, 0.25) is 0 Å². The molecule has 9 heteroatoms. The number of benzene rings is 2. The highest BCUT2D eigenvalue weighted by Crippen LogP contribution is 2.33. The zero-order chi connectivity index (χ0) is 19.2. The summed E-state index contributed by atoms with van der Waals surface area (Å²) in [4.78, 5) is 22.4. The van der Waals surface area contributed by atoms with Gasteiger partial charge in [0.15, 0.2) is 18.4 Å². The number of nitro benzene ring substituents is 1. The molecule has 0 atom stereocenters. The van der Waals surface area contributed by atoms with Gasteiger partial charge in [0.25, 0.3) is 5.69 Å². The van der Waals surface area contributed by atoms with Gasteiger partial charge in [-0.3, -0.25) is 14.9 Å². The summed E-state index contributed by atoms with van der Waals surface area (Å²) in [6.45, 7) is -0.0592. The van der Waals surface area contributed by atoms with Crippen LogP contribution in [0.4, 0.5) is 10.1 Å². The molecule has 0 aromatic heterocycles. The van der Waals surface area contributed by atoms with E-state index in [1.165, 1.54) is 30.3 Å². The summed E-state index contributed by atoms with van der Waals surface area (Å²) >= 11 is 0. The van der Waals surface area contributed by atoms with Crippen LogP contribution < -0.4 is 9.47 Å². The Morgan fingerprint density at radius 3 is 2.89 bits per heavy atom. The van der Waals surface area contributed by atoms with E-state index in [9.17, 15) is 19.3 Å². The quantitative estimate of drug-likeness (QED) is 0.415. The molecule has 8 nitrogen and oxygen atoms in total. The van der Waals surface area contributed by atoms with Crippen LogP contribution in [0.5, 0.6) is 11.5 Å². The minimum absolute atomic E-state index is 0.0161. The Balaban J connectivity index is 1.57. The highest BCUT2D eigenvalue weighted by molar-refractivity contribution is 5.69. The number of fused-ring (bicyclic) bond motifs is 1. The number of nitro groups is 1. The molecular weight excluding hydrogens is 361 g/mol. The molecule has 142 valence electrons. The van der Waals surface area contributed by atoms with Crippen LogP contribution in [-0.4, -0.2) is 24.3 Å². The first kappa shape index (κ1) is 18.6. The van der Waals surface area contributed by atoms with E-state index >= 15 is 0 Å². The summed E-state index contributed by atoms with van der Waals surface area (Å²) in [7, 11) is 0. The highest BCUT2D eigenvalue weighted by Gasteiger charge is 2.21. The summed E-state index contributed by atoms with van der Waals surface area (Å²) in [5.74, 6) is -0.638. The fourth-order valence-electron chi connectivity index (χ4n) is 2.53. The van der Waals surface area contributed by atoms with E-state index in [1.807, 2.05) is 0 Å². The van der Waals surface area contributed by atoms with Crippen LogP contribution >= 0.6 is 0 Å². The van der Waals surface area contributed by atoms with Crippen molar-refractivity contribution >= 4 is 11.7 Å². The number of non-ortho nitro benzene ring substituents is 1. The van der Waals surface area contributed by atoms with Crippen LogP contribution in [-0.2, 0) is 27.5 Å². The molecule has 0 aliphatic carbocycles. The van der Waals surface area contributed by atoms with Crippen LogP contribution in [0.3, 0.4) is 0 Å². The zero-order valence-electron chi connectivity index (χ0n) is 14.2. The summed E-state index contributed by atoms with van der Waals surface area (Å²) in [6, 6.07) is 8.52. The summed E-state index contributed by atoms with van der Waals surface area (Å²) in [5, 5.41) is 11.0. The lowest BCUT2D eigenvalue weighted by Crippen LogP contribution is -2.15. The van der Waals surface area contributed by atoms with Gasteiger partial charge in [0.1, 0.15) is 12.4 Å². The van der Waals surface area contributed by atoms with E-state index in [0.29, 0.717) is 16.9 Å². The molecule has 0 unspecified atom stereocenters. The van der Waals surface area contributed by atoms with Crippen molar-refractivity contribution in [3.8, 4) is 11.5 Å². The Hall–Kier alpha value is -3.20. The molecule has 0 radical (unpaired) electrons. The number of carbonyl (C=O) groups is 1. The Bertz CT molecular complexity index is 856. The van der Waals surface area contributed by atoms with Crippen molar-refractivity contribution in [2.75, 3.05) is 13.4 Å². The molecule has 0 saturated heterocycles. The van der Waals surface area contributed by atoms with Gasteiger partial charge in [0.05, 0.1) is 24.6 Å². The maximum absolute atomic E-state index is 13.4. The van der Waals surface area contributed by atoms with E-state index in [1.54, 1.807) is 6.07 Å². The smallest absolute Gasteiger partial charge is 0.309 e. The fraction of sp³-hybridized carbons (Fsp3) is 0.278. The second kappa shape index (κ2) is 8.45. The average Bonchev–Trinajstić information content (AvgIpc) is 2.67. The van der Waals surface area contributed by atoms with Gasteiger partial charge in [-0.05, 0) is 12.1 Å². The second-order valence-corrected chi connectivity index (χ2v) is 5.65. The van der Waals surface area contributed by atoms with Crippen molar-refractivity contribution in [2.45, 2.75) is 19.6 Å². The Kier molecular flexibility index (Phi) is 5.82. The number of nitrogens with zero attached hydrogens (tertiary/aromatic N) is 1. The summed E-state index contributed by atoms with van der Waals surface area (Å²) in [5.41, 5.74) is 0.757. The molecular formula is C18H16FNO7. The number of hydrogen-bond acceptors (Lipinski definition) is 7. The SMILES string of the molecule is O=C(CCOc1ccccc1F)OCc1cc([N+](=O)[O-])cc2c1OCOC2. The van der Waals surface area contributed by atoms with Gasteiger partial charge < -0.3 is 18.9 Å². The van der Waals surface area contributed by atoms with Crippen LogP contribution in [0, 0.1) is 15.9 Å². The van der Waals surface area contributed by atoms with E-state index in [-0.39, 0.29) is 44.5 Å². The number of ether oxygens (including phenoxy) is 4. The van der Waals surface area contributed by atoms with Gasteiger partial charge in [-0.25, -0.2) is 4.39 Å². The standard InChI is InChI=1S/C18H16FNO7/c19-15-3-1-2-4-16(15)25-6-5-17(21)26-10-13-8-14(20(22)23)7-12-9-24-11-27-18(12)13/h1-4,7-8H,5-6,9-11H2. The number of hydrogen-bond donors (Lipinski definition) is 0. The largest absolute Gasteiger partial charge is 0.490 e. The number of rotatable bonds is 7. The predicted molar refractivity (Wildman–Crippen MR) is 89.7 cm³/mol. The first-order valence-electron chi connectivity index (χ1n) is 8.08. The first-order chi connectivity index (χ1) is 13.0. The third-order valence-corrected chi connectivity index (χ3v) is 3.77. The maximum Gasteiger partial charge on any atom is 0.309 e. The molecule has 1 heterocycles. The van der Waals surface area contributed by atoms with Crippen molar-refractivity contribution in [3.05, 3.63) is 63.5 Å². The first-order valence-corrected chi connectivity index (χ1v) is 8.08. The van der Waals surface area contributed by atoms with E-state index in [4.69, 9.17) is 18.9 Å². The zero-order valence-corrected chi connectivity index (χ0v) is 14.2. The number of esters is 1. The number of carbonyl (C=O) groups excluding carboxylic acids is 1. The average molecular weight is 377 g/mol. The van der Waals surface area contributed by atoms with Crippen molar-refractivity contribution in [1.29, 1.82) is 0 Å². The normalized spacial score (nSPS) is 12.6. The molecule has 0 N–H and O–H groups in total. The molecule has 0 spiro atoms. The van der Waals surface area contributed by atoms with E-state index in [0.717, 1.165) is 0 Å². The molecule has 2 aromatic carbocycles. The van der Waals surface area contributed by atoms with Crippen molar-refractivity contribution in [2.24, 2.45) is 0 Å². The van der Waals surface area contributed by atoms with Gasteiger partial charge in [-0.2, -0.15) is 0 Å². The maximum atomic E-state index is 13.4. The van der Waals surface area contributed by atoms with Crippen LogP contribution in [0.15, 0.2) is 36.4 Å². The minimum Gasteiger partial charge on any atom is -0.490 e. The third kappa shape index (κ3) is 4.70. The molecule has 0 amide bonds. The Morgan fingerprint density at radius 2 is 2.11 bits per heavy atom. The monoisotopic (exact) mass is 377 g/mol. The molecule has 0 fully saturated rings. The lowest BCUT2D eigenvalue weighted by Gasteiger charge is -2.20. The van der Waals surface area contributed by atoms with E-state index < -0.39 is 16.7 Å². The molecule has 2 aromatic rings. The van der Waals surface area contributed by atoms with Crippen molar-refractivity contribution < 1.29 is 33.1 Å².